The molecule has 3 aromatic rings. The van der Waals surface area contributed by atoms with Crippen molar-refractivity contribution < 1.29 is 76.4 Å². The third-order valence-electron chi connectivity index (χ3n) is 7.84. The topological polar surface area (TPSA) is 206 Å². The Labute approximate surface area is 353 Å². The van der Waals surface area contributed by atoms with Crippen molar-refractivity contribution in [3.05, 3.63) is 70.1 Å². The Bertz CT molecular complexity index is 1990. The summed E-state index contributed by atoms with van der Waals surface area (Å²) in [7, 11) is 5.86. The number of rotatable bonds is 15. The van der Waals surface area contributed by atoms with Gasteiger partial charge in [-0.25, -0.2) is 14.6 Å². The van der Waals surface area contributed by atoms with Gasteiger partial charge in [0.05, 0.1) is 19.1 Å². The maximum absolute atomic E-state index is 13.9. The van der Waals surface area contributed by atoms with Crippen molar-refractivity contribution in [2.75, 3.05) is 51.1 Å². The Kier molecular flexibility index (Phi) is 15.6. The normalized spacial score (nSPS) is 16.5. The summed E-state index contributed by atoms with van der Waals surface area (Å²) in [5.74, 6) is -0.234. The predicted molar refractivity (Wildman–Crippen MR) is 205 cm³/mol. The molecular weight excluding hydrogens is 902 g/mol. The van der Waals surface area contributed by atoms with E-state index in [1.165, 1.54) is 54.4 Å². The summed E-state index contributed by atoms with van der Waals surface area (Å²) in [6, 6.07) is 7.87. The van der Waals surface area contributed by atoms with E-state index >= 15 is 0 Å². The van der Waals surface area contributed by atoms with Crippen LogP contribution in [-0.2, 0) is 46.6 Å². The summed E-state index contributed by atoms with van der Waals surface area (Å²) in [4.78, 5) is 64.7. The molecule has 0 saturated carbocycles. The first kappa shape index (κ1) is 44.4. The third-order valence-corrected chi connectivity index (χ3v) is 11.0. The van der Waals surface area contributed by atoms with Gasteiger partial charge in [0.1, 0.15) is 54.5 Å². The number of carbonyl (C=O) groups excluding carboxylic acids is 4. The van der Waals surface area contributed by atoms with Gasteiger partial charge in [0.15, 0.2) is 16.6 Å². The molecule has 302 valence electrons. The number of fused-ring (bicyclic) bond motifs is 1. The molecule has 0 bridgehead atoms. The minimum atomic E-state index is -0.979. The number of pyridine rings is 1. The van der Waals surface area contributed by atoms with Gasteiger partial charge in [-0.2, -0.15) is 0 Å². The standard InChI is InChI=1S/C35H41N7O10S3.HI/c1-35(2,3)52-34(46)39-41-13-24(49-6)25(12-21(41)15-47-4)53-16-20-17-54-31-27(38-29(43)26(40-50-7)23-18-55-33(36)37-23)30(44)42(31)28(20)32(45)51-14-19-8-10-22(48-5)11-9-19;/h8-13,18,27,31H,14-17H2,1-7H3,(H3-,36,37,38,39,43,46);1H/b40-26-;/t27-,31-;/m1./s1. The third kappa shape index (κ3) is 10.7. The number of nitrogens with zero attached hydrogens (tertiary/aromatic N) is 4. The lowest BCUT2D eigenvalue weighted by Gasteiger charge is -2.49. The van der Waals surface area contributed by atoms with Crippen LogP contribution in [0.5, 0.6) is 11.5 Å². The van der Waals surface area contributed by atoms with E-state index < -0.39 is 40.9 Å². The summed E-state index contributed by atoms with van der Waals surface area (Å²) >= 11 is 3.87. The number of esters is 1. The number of thiazole rings is 1. The number of nitrogens with two attached hydrogens (primary N) is 1. The van der Waals surface area contributed by atoms with Gasteiger partial charge in [-0.15, -0.1) is 34.9 Å². The molecule has 56 heavy (non-hydrogen) atoms. The van der Waals surface area contributed by atoms with Crippen molar-refractivity contribution >= 4 is 69.6 Å². The highest BCUT2D eigenvalue weighted by Crippen LogP contribution is 2.43. The average Bonchev–Trinajstić information content (AvgIpc) is 3.59. The minimum Gasteiger partial charge on any atom is -1.00 e. The second kappa shape index (κ2) is 19.7. The van der Waals surface area contributed by atoms with E-state index in [1.807, 2.05) is 0 Å². The van der Waals surface area contributed by atoms with Crippen LogP contribution in [0.1, 0.15) is 37.7 Å². The van der Waals surface area contributed by atoms with Gasteiger partial charge in [-0.05, 0) is 44.0 Å². The zero-order chi connectivity index (χ0) is 39.9. The van der Waals surface area contributed by atoms with Crippen LogP contribution in [0.25, 0.3) is 0 Å². The molecule has 1 aromatic carbocycles. The van der Waals surface area contributed by atoms with E-state index in [9.17, 15) is 19.2 Å². The molecule has 2 aliphatic rings. The zero-order valence-corrected chi connectivity index (χ0v) is 36.2. The molecule has 5 rings (SSSR count). The number of hydrogen-bond acceptors (Lipinski definition) is 16. The first-order valence-electron chi connectivity index (χ1n) is 16.6. The second-order valence-electron chi connectivity index (χ2n) is 12.8. The van der Waals surface area contributed by atoms with Gasteiger partial charge >= 0.3 is 12.1 Å². The van der Waals surface area contributed by atoms with Crippen LogP contribution in [0, 0.1) is 0 Å². The molecule has 3 amide bonds. The number of methoxy groups -OCH3 is 3. The van der Waals surface area contributed by atoms with Crippen molar-refractivity contribution in [1.29, 1.82) is 0 Å². The highest BCUT2D eigenvalue weighted by atomic mass is 127. The smallest absolute Gasteiger partial charge is 0.461 e. The number of amides is 3. The predicted octanol–water partition coefficient (Wildman–Crippen LogP) is 0.199. The molecule has 0 spiro atoms. The number of benzene rings is 1. The van der Waals surface area contributed by atoms with Crippen LogP contribution < -0.4 is 54.6 Å². The van der Waals surface area contributed by atoms with E-state index in [2.05, 4.69) is 20.9 Å². The maximum Gasteiger partial charge on any atom is 0.461 e. The molecule has 0 unspecified atom stereocenters. The van der Waals surface area contributed by atoms with Gasteiger partial charge in [0.25, 0.3) is 11.8 Å². The van der Waals surface area contributed by atoms with E-state index in [-0.39, 0.29) is 65.2 Å². The number of hydrogen-bond donors (Lipinski definition) is 3. The number of anilines is 1. The highest BCUT2D eigenvalue weighted by molar-refractivity contribution is 8.01. The van der Waals surface area contributed by atoms with Crippen LogP contribution in [0.3, 0.4) is 0 Å². The molecule has 1 fully saturated rings. The first-order valence-corrected chi connectivity index (χ1v) is 19.5. The summed E-state index contributed by atoms with van der Waals surface area (Å²) in [5, 5.41) is 7.70. The Balaban J connectivity index is 0.00000696. The van der Waals surface area contributed by atoms with Crippen LogP contribution in [0.15, 0.2) is 63.2 Å². The van der Waals surface area contributed by atoms with Gasteiger partial charge in [-0.3, -0.25) is 14.5 Å². The lowest BCUT2D eigenvalue weighted by atomic mass is 10.0. The van der Waals surface area contributed by atoms with Gasteiger partial charge in [-0.1, -0.05) is 27.4 Å². The van der Waals surface area contributed by atoms with E-state index in [1.54, 1.807) is 69.8 Å². The van der Waals surface area contributed by atoms with Crippen LogP contribution in [0.4, 0.5) is 9.93 Å². The molecule has 1 saturated heterocycles. The molecule has 0 radical (unpaired) electrons. The molecule has 17 nitrogen and oxygen atoms in total. The Morgan fingerprint density at radius 2 is 1.84 bits per heavy atom. The first-order chi connectivity index (χ1) is 26.3. The SMILES string of the molecule is COCc1cc(SCC2=C(C(=O)OCc3ccc(OC)cc3)N3C(=O)[C@@H](NC(=O)/C(=N\OC)c4csc(N)n4)[C@H]3SC2)c(OC)c[n+]1NC(=O)OC(C)(C)C.[I-]. The minimum absolute atomic E-state index is 0. The largest absolute Gasteiger partial charge is 1.00 e. The number of aromatic nitrogens is 2. The van der Waals surface area contributed by atoms with Crippen molar-refractivity contribution in [2.24, 2.45) is 5.16 Å². The van der Waals surface area contributed by atoms with Crippen molar-refractivity contribution in [2.45, 2.75) is 55.9 Å². The summed E-state index contributed by atoms with van der Waals surface area (Å²) in [5.41, 5.74) is 9.79. The van der Waals surface area contributed by atoms with Crippen LogP contribution in [0.2, 0.25) is 0 Å². The molecule has 2 aromatic heterocycles. The second-order valence-corrected chi connectivity index (χ2v) is 15.8. The molecule has 4 heterocycles. The molecule has 21 heteroatoms. The van der Waals surface area contributed by atoms with Gasteiger partial charge in [0.2, 0.25) is 11.9 Å². The Morgan fingerprint density at radius 3 is 2.45 bits per heavy atom. The number of oxime groups is 1. The Hall–Kier alpha value is -4.32. The highest BCUT2D eigenvalue weighted by Gasteiger charge is 2.54. The fourth-order valence-electron chi connectivity index (χ4n) is 5.37. The summed E-state index contributed by atoms with van der Waals surface area (Å²) < 4.78 is 28.9. The number of thioether (sulfide) groups is 2. The Morgan fingerprint density at radius 1 is 1.11 bits per heavy atom. The van der Waals surface area contributed by atoms with Crippen LogP contribution >= 0.6 is 34.9 Å². The zero-order valence-electron chi connectivity index (χ0n) is 31.6. The lowest BCUT2D eigenvalue weighted by Crippen LogP contribution is -3.00. The van der Waals surface area contributed by atoms with E-state index in [4.69, 9.17) is 34.3 Å². The number of nitrogen functional groups attached to an aromatic ring is 1. The quantitative estimate of drug-likeness (QED) is 0.0355. The maximum atomic E-state index is 13.9. The van der Waals surface area contributed by atoms with Crippen LogP contribution in [-0.4, -0.2) is 96.4 Å². The number of nitrogens with one attached hydrogen (secondary N) is 2. The molecule has 0 aliphatic carbocycles. The fraction of sp³-hybridized carbons (Fsp3) is 0.400. The number of carbonyl (C=O) groups is 4. The number of halogens is 1. The molecule has 4 N–H and O–H groups in total. The average molecular weight is 944 g/mol. The molecule has 2 atom stereocenters. The van der Waals surface area contributed by atoms with Gasteiger partial charge < -0.3 is 63.5 Å². The van der Waals surface area contributed by atoms with Crippen molar-refractivity contribution in [3.8, 4) is 11.5 Å². The van der Waals surface area contributed by atoms with E-state index in [0.29, 0.717) is 39.0 Å². The monoisotopic (exact) mass is 943 g/mol. The summed E-state index contributed by atoms with van der Waals surface area (Å²) in [6.45, 7) is 5.36. The van der Waals surface area contributed by atoms with E-state index in [0.717, 1.165) is 11.3 Å². The molecular formula is C35H42IN7O10S3. The molecule has 2 aliphatic heterocycles. The number of ether oxygens (including phenoxy) is 5. The van der Waals surface area contributed by atoms with Gasteiger partial charge in [0, 0.05) is 30.1 Å². The van der Waals surface area contributed by atoms with Crippen molar-refractivity contribution in [1.82, 2.24) is 15.2 Å². The van der Waals surface area contributed by atoms with Crippen molar-refractivity contribution in [3.63, 3.8) is 0 Å². The lowest BCUT2D eigenvalue weighted by molar-refractivity contribution is -0.653. The number of β-lactam (4-membered cyclic amide) rings is 1. The summed E-state index contributed by atoms with van der Waals surface area (Å²) in [6.07, 6.45) is 0.927. The fourth-order valence-corrected chi connectivity index (χ4v) is 8.46.